The fourth-order valence-electron chi connectivity index (χ4n) is 4.42. The van der Waals surface area contributed by atoms with Gasteiger partial charge < -0.3 is 15.0 Å². The third-order valence-corrected chi connectivity index (χ3v) is 6.39. The number of pyridine rings is 1. The van der Waals surface area contributed by atoms with Crippen LogP contribution in [0.15, 0.2) is 97.3 Å². The molecule has 3 aromatic carbocycles. The second kappa shape index (κ2) is 10.1. The highest BCUT2D eigenvalue weighted by Crippen LogP contribution is 2.40. The normalized spacial score (nSPS) is 16.4. The van der Waals surface area contributed by atoms with Gasteiger partial charge in [-0.15, -0.1) is 0 Å². The van der Waals surface area contributed by atoms with Crippen LogP contribution >= 0.6 is 11.6 Å². The van der Waals surface area contributed by atoms with Crippen LogP contribution in [0.25, 0.3) is 0 Å². The minimum atomic E-state index is -4.49. The Morgan fingerprint density at radius 1 is 0.946 bits per heavy atom. The van der Waals surface area contributed by atoms with E-state index in [-0.39, 0.29) is 12.6 Å². The molecule has 188 valence electrons. The van der Waals surface area contributed by atoms with E-state index in [9.17, 15) is 18.0 Å². The van der Waals surface area contributed by atoms with E-state index in [4.69, 9.17) is 16.3 Å². The number of alkyl halides is 3. The molecule has 1 aliphatic rings. The number of nitrogens with one attached hydrogen (secondary N) is 1. The lowest BCUT2D eigenvalue weighted by Gasteiger charge is -2.33. The maximum Gasteiger partial charge on any atom is 0.416 e. The standard InChI is InChI=1S/C28H21ClF3N3O2/c29-22-8-12-24(13-9-22)37-23-10-6-18(7-11-23)26(20-4-2-14-33-16-20)35-25(17-34-27(35)36)19-3-1-5-21(15-19)28(30,31)32/h1-16,25-26H,17H2,(H,34,36). The topological polar surface area (TPSA) is 54.5 Å². The van der Waals surface area contributed by atoms with E-state index >= 15 is 0 Å². The maximum absolute atomic E-state index is 13.4. The minimum Gasteiger partial charge on any atom is -0.457 e. The third kappa shape index (κ3) is 5.39. The predicted octanol–water partition coefficient (Wildman–Crippen LogP) is 7.40. The number of halogens is 4. The van der Waals surface area contributed by atoms with Crippen LogP contribution in [0, 0.1) is 0 Å². The number of urea groups is 1. The molecule has 0 bridgehead atoms. The SMILES string of the molecule is O=C1NCC(c2cccc(C(F)(F)F)c2)N1C(c1ccc(Oc2ccc(Cl)cc2)cc1)c1cccnc1. The maximum atomic E-state index is 13.4. The van der Waals surface area contributed by atoms with Gasteiger partial charge in [-0.25, -0.2) is 4.79 Å². The number of ether oxygens (including phenoxy) is 1. The molecule has 2 heterocycles. The number of carbonyl (C=O) groups is 1. The Morgan fingerprint density at radius 3 is 2.30 bits per heavy atom. The van der Waals surface area contributed by atoms with Crippen molar-refractivity contribution in [3.63, 3.8) is 0 Å². The van der Waals surface area contributed by atoms with Gasteiger partial charge in [-0.1, -0.05) is 41.9 Å². The van der Waals surface area contributed by atoms with E-state index in [0.29, 0.717) is 22.1 Å². The van der Waals surface area contributed by atoms with E-state index in [2.05, 4.69) is 10.3 Å². The van der Waals surface area contributed by atoms with Gasteiger partial charge in [0.15, 0.2) is 0 Å². The van der Waals surface area contributed by atoms with Crippen molar-refractivity contribution in [2.45, 2.75) is 18.3 Å². The average Bonchev–Trinajstić information content (AvgIpc) is 3.28. The van der Waals surface area contributed by atoms with Crippen LogP contribution in [-0.4, -0.2) is 22.5 Å². The number of hydrogen-bond acceptors (Lipinski definition) is 3. The molecule has 2 unspecified atom stereocenters. The number of benzene rings is 3. The van der Waals surface area contributed by atoms with Crippen LogP contribution in [0.1, 0.15) is 34.3 Å². The first kappa shape index (κ1) is 24.6. The Kier molecular flexibility index (Phi) is 6.76. The monoisotopic (exact) mass is 523 g/mol. The van der Waals surface area contributed by atoms with E-state index < -0.39 is 23.8 Å². The highest BCUT2D eigenvalue weighted by atomic mass is 35.5. The molecule has 1 aliphatic heterocycles. The number of rotatable bonds is 6. The zero-order valence-electron chi connectivity index (χ0n) is 19.3. The highest BCUT2D eigenvalue weighted by Gasteiger charge is 2.40. The molecule has 1 aromatic heterocycles. The second-order valence-corrected chi connectivity index (χ2v) is 8.98. The fourth-order valence-corrected chi connectivity index (χ4v) is 4.55. The third-order valence-electron chi connectivity index (χ3n) is 6.14. The van der Waals surface area contributed by atoms with E-state index in [1.165, 1.54) is 6.07 Å². The molecule has 0 radical (unpaired) electrons. The Labute approximate surface area is 216 Å². The molecule has 0 spiro atoms. The van der Waals surface area contributed by atoms with Crippen LogP contribution in [0.3, 0.4) is 0 Å². The second-order valence-electron chi connectivity index (χ2n) is 8.55. The molecule has 2 atom stereocenters. The molecule has 4 aromatic rings. The number of nitrogens with zero attached hydrogens (tertiary/aromatic N) is 2. The summed E-state index contributed by atoms with van der Waals surface area (Å²) in [6.07, 6.45) is -1.21. The van der Waals surface area contributed by atoms with Crippen LogP contribution in [0.5, 0.6) is 11.5 Å². The van der Waals surface area contributed by atoms with Crippen LogP contribution in [0.2, 0.25) is 5.02 Å². The van der Waals surface area contributed by atoms with Gasteiger partial charge in [0.2, 0.25) is 0 Å². The lowest BCUT2D eigenvalue weighted by atomic mass is 9.95. The van der Waals surface area contributed by atoms with Crippen molar-refractivity contribution in [2.24, 2.45) is 0 Å². The van der Waals surface area contributed by atoms with E-state index in [0.717, 1.165) is 23.3 Å². The molecule has 1 saturated heterocycles. The molecule has 0 saturated carbocycles. The molecule has 5 rings (SSSR count). The summed E-state index contributed by atoms with van der Waals surface area (Å²) in [4.78, 5) is 18.9. The highest BCUT2D eigenvalue weighted by molar-refractivity contribution is 6.30. The van der Waals surface area contributed by atoms with Gasteiger partial charge in [0.25, 0.3) is 0 Å². The van der Waals surface area contributed by atoms with Crippen molar-refractivity contribution >= 4 is 17.6 Å². The quantitative estimate of drug-likeness (QED) is 0.286. The first-order valence-electron chi connectivity index (χ1n) is 11.5. The van der Waals surface area contributed by atoms with E-state index in [1.807, 2.05) is 18.2 Å². The van der Waals surface area contributed by atoms with Crippen molar-refractivity contribution in [1.82, 2.24) is 15.2 Å². The molecular weight excluding hydrogens is 503 g/mol. The summed E-state index contributed by atoms with van der Waals surface area (Å²) in [5.74, 6) is 1.20. The van der Waals surface area contributed by atoms with Crippen LogP contribution in [-0.2, 0) is 6.18 Å². The lowest BCUT2D eigenvalue weighted by molar-refractivity contribution is -0.137. The summed E-state index contributed by atoms with van der Waals surface area (Å²) < 4.78 is 46.1. The predicted molar refractivity (Wildman–Crippen MR) is 133 cm³/mol. The van der Waals surface area contributed by atoms with Crippen LogP contribution in [0.4, 0.5) is 18.0 Å². The Hall–Kier alpha value is -4.04. The Bertz CT molecular complexity index is 1380. The van der Waals surface area contributed by atoms with E-state index in [1.54, 1.807) is 65.8 Å². The number of amides is 2. The van der Waals surface area contributed by atoms with Gasteiger partial charge in [-0.3, -0.25) is 4.98 Å². The van der Waals surface area contributed by atoms with Crippen molar-refractivity contribution in [1.29, 1.82) is 0 Å². The molecule has 9 heteroatoms. The number of aromatic nitrogens is 1. The van der Waals surface area contributed by atoms with Gasteiger partial charge in [0.05, 0.1) is 17.6 Å². The number of carbonyl (C=O) groups excluding carboxylic acids is 1. The van der Waals surface area contributed by atoms with Crippen LogP contribution < -0.4 is 10.1 Å². The molecular formula is C28H21ClF3N3O2. The summed E-state index contributed by atoms with van der Waals surface area (Å²) in [5.41, 5.74) is 1.11. The summed E-state index contributed by atoms with van der Waals surface area (Å²) in [6, 6.07) is 21.3. The molecule has 5 nitrogen and oxygen atoms in total. The average molecular weight is 524 g/mol. The summed E-state index contributed by atoms with van der Waals surface area (Å²) in [5, 5.41) is 3.39. The van der Waals surface area contributed by atoms with Gasteiger partial charge in [0.1, 0.15) is 11.5 Å². The number of hydrogen-bond donors (Lipinski definition) is 1. The van der Waals surface area contributed by atoms with Gasteiger partial charge >= 0.3 is 12.2 Å². The summed E-state index contributed by atoms with van der Waals surface area (Å²) in [6.45, 7) is 0.175. The molecule has 2 amide bonds. The van der Waals surface area contributed by atoms with Gasteiger partial charge in [-0.05, 0) is 71.3 Å². The first-order chi connectivity index (χ1) is 17.8. The first-order valence-corrected chi connectivity index (χ1v) is 11.8. The fraction of sp³-hybridized carbons (Fsp3) is 0.143. The molecule has 0 aliphatic carbocycles. The smallest absolute Gasteiger partial charge is 0.416 e. The minimum absolute atomic E-state index is 0.175. The van der Waals surface area contributed by atoms with Crippen molar-refractivity contribution in [3.05, 3.63) is 125 Å². The van der Waals surface area contributed by atoms with Crippen molar-refractivity contribution < 1.29 is 22.7 Å². The molecule has 1 fully saturated rings. The zero-order chi connectivity index (χ0) is 26.0. The summed E-state index contributed by atoms with van der Waals surface area (Å²) in [7, 11) is 0. The zero-order valence-corrected chi connectivity index (χ0v) is 20.1. The Morgan fingerprint density at radius 2 is 1.65 bits per heavy atom. The van der Waals surface area contributed by atoms with Gasteiger partial charge in [-0.2, -0.15) is 13.2 Å². The van der Waals surface area contributed by atoms with Gasteiger partial charge in [0, 0.05) is 24.0 Å². The molecule has 37 heavy (non-hydrogen) atoms. The lowest BCUT2D eigenvalue weighted by Crippen LogP contribution is -2.34. The summed E-state index contributed by atoms with van der Waals surface area (Å²) >= 11 is 5.94. The van der Waals surface area contributed by atoms with Crippen molar-refractivity contribution in [2.75, 3.05) is 6.54 Å². The largest absolute Gasteiger partial charge is 0.457 e. The van der Waals surface area contributed by atoms with Crippen molar-refractivity contribution in [3.8, 4) is 11.5 Å². The Balaban J connectivity index is 1.51. The molecule has 1 N–H and O–H groups in total.